The van der Waals surface area contributed by atoms with E-state index in [1.807, 2.05) is 6.92 Å². The van der Waals surface area contributed by atoms with Gasteiger partial charge in [-0.25, -0.2) is 5.43 Å². The van der Waals surface area contributed by atoms with Crippen molar-refractivity contribution in [1.82, 2.24) is 5.43 Å². The number of hydrazone groups is 1. The van der Waals surface area contributed by atoms with Gasteiger partial charge in [0.15, 0.2) is 11.5 Å². The average Bonchev–Trinajstić information content (AvgIpc) is 2.59. The SMILES string of the molecule is CCOc1ccc(Br)cc1C(=O)N/N=C\c1cc(Br)cc(OC)c1O. The van der Waals surface area contributed by atoms with Gasteiger partial charge in [0.05, 0.1) is 25.5 Å². The molecule has 6 nitrogen and oxygen atoms in total. The molecule has 2 aromatic rings. The lowest BCUT2D eigenvalue weighted by Gasteiger charge is -2.09. The molecule has 0 spiro atoms. The summed E-state index contributed by atoms with van der Waals surface area (Å²) in [6, 6.07) is 8.42. The minimum atomic E-state index is -0.428. The number of aromatic hydroxyl groups is 1. The predicted octanol–water partition coefficient (Wildman–Crippen LogP) is 4.09. The highest BCUT2D eigenvalue weighted by Gasteiger charge is 2.13. The van der Waals surface area contributed by atoms with E-state index in [0.717, 1.165) is 4.47 Å². The fourth-order valence-corrected chi connectivity index (χ4v) is 2.85. The second-order valence-electron chi connectivity index (χ2n) is 4.82. The van der Waals surface area contributed by atoms with E-state index in [-0.39, 0.29) is 5.75 Å². The first-order valence-corrected chi connectivity index (χ1v) is 8.87. The summed E-state index contributed by atoms with van der Waals surface area (Å²) in [7, 11) is 1.45. The lowest BCUT2D eigenvalue weighted by molar-refractivity contribution is 0.0951. The second kappa shape index (κ2) is 8.87. The Morgan fingerprint density at radius 2 is 2.00 bits per heavy atom. The van der Waals surface area contributed by atoms with Crippen LogP contribution in [0.2, 0.25) is 0 Å². The van der Waals surface area contributed by atoms with Crippen LogP contribution >= 0.6 is 31.9 Å². The van der Waals surface area contributed by atoms with Crippen LogP contribution in [0.25, 0.3) is 0 Å². The minimum Gasteiger partial charge on any atom is -0.504 e. The third kappa shape index (κ3) is 4.96. The molecule has 0 bridgehead atoms. The molecule has 0 saturated heterocycles. The van der Waals surface area contributed by atoms with Gasteiger partial charge in [-0.2, -0.15) is 5.10 Å². The Labute approximate surface area is 162 Å². The predicted molar refractivity (Wildman–Crippen MR) is 103 cm³/mol. The van der Waals surface area contributed by atoms with E-state index < -0.39 is 5.91 Å². The van der Waals surface area contributed by atoms with Crippen LogP contribution < -0.4 is 14.9 Å². The molecule has 1 amide bonds. The van der Waals surface area contributed by atoms with Gasteiger partial charge in [0.2, 0.25) is 0 Å². The molecule has 2 rings (SSSR count). The van der Waals surface area contributed by atoms with E-state index in [1.165, 1.54) is 13.3 Å². The van der Waals surface area contributed by atoms with E-state index in [0.29, 0.717) is 33.7 Å². The number of phenolic OH excluding ortho intramolecular Hbond substituents is 1. The lowest BCUT2D eigenvalue weighted by Crippen LogP contribution is -2.18. The van der Waals surface area contributed by atoms with Crippen LogP contribution in [0.5, 0.6) is 17.2 Å². The molecule has 0 aromatic heterocycles. The van der Waals surface area contributed by atoms with E-state index in [9.17, 15) is 9.90 Å². The quantitative estimate of drug-likeness (QED) is 0.491. The molecule has 0 saturated carbocycles. The zero-order chi connectivity index (χ0) is 18.4. The monoisotopic (exact) mass is 470 g/mol. The molecule has 0 aliphatic heterocycles. The van der Waals surface area contributed by atoms with Crippen molar-refractivity contribution in [3.05, 3.63) is 50.4 Å². The Bertz CT molecular complexity index is 809. The Morgan fingerprint density at radius 1 is 1.24 bits per heavy atom. The molecule has 0 fully saturated rings. The molecule has 0 unspecified atom stereocenters. The number of nitrogens with zero attached hydrogens (tertiary/aromatic N) is 1. The van der Waals surface area contributed by atoms with Crippen molar-refractivity contribution in [2.45, 2.75) is 6.92 Å². The number of methoxy groups -OCH3 is 1. The molecule has 25 heavy (non-hydrogen) atoms. The third-order valence-corrected chi connectivity index (χ3v) is 4.10. The third-order valence-electron chi connectivity index (χ3n) is 3.14. The summed E-state index contributed by atoms with van der Waals surface area (Å²) in [5.41, 5.74) is 3.17. The highest BCUT2D eigenvalue weighted by Crippen LogP contribution is 2.32. The smallest absolute Gasteiger partial charge is 0.275 e. The molecule has 8 heteroatoms. The van der Waals surface area contributed by atoms with Crippen LogP contribution in [0.1, 0.15) is 22.8 Å². The Morgan fingerprint density at radius 3 is 2.68 bits per heavy atom. The first-order valence-electron chi connectivity index (χ1n) is 7.28. The number of ether oxygens (including phenoxy) is 2. The van der Waals surface area contributed by atoms with E-state index in [1.54, 1.807) is 30.3 Å². The van der Waals surface area contributed by atoms with Crippen molar-refractivity contribution in [3.63, 3.8) is 0 Å². The molecule has 0 aliphatic carbocycles. The van der Waals surface area contributed by atoms with Crippen LogP contribution in [-0.4, -0.2) is 30.9 Å². The van der Waals surface area contributed by atoms with Gasteiger partial charge in [0.25, 0.3) is 5.91 Å². The molecule has 132 valence electrons. The average molecular weight is 472 g/mol. The van der Waals surface area contributed by atoms with Crippen LogP contribution in [0.15, 0.2) is 44.4 Å². The van der Waals surface area contributed by atoms with Crippen LogP contribution in [0.4, 0.5) is 0 Å². The number of rotatable bonds is 6. The van der Waals surface area contributed by atoms with Crippen molar-refractivity contribution in [2.75, 3.05) is 13.7 Å². The van der Waals surface area contributed by atoms with Gasteiger partial charge < -0.3 is 14.6 Å². The summed E-state index contributed by atoms with van der Waals surface area (Å²) in [5, 5.41) is 14.0. The molecular weight excluding hydrogens is 456 g/mol. The number of halogens is 2. The maximum atomic E-state index is 12.3. The molecular formula is C17H16Br2N2O4. The fourth-order valence-electron chi connectivity index (χ4n) is 2.03. The van der Waals surface area contributed by atoms with Crippen molar-refractivity contribution in [3.8, 4) is 17.2 Å². The Hall–Kier alpha value is -2.06. The van der Waals surface area contributed by atoms with E-state index in [4.69, 9.17) is 9.47 Å². The van der Waals surface area contributed by atoms with E-state index in [2.05, 4.69) is 42.4 Å². The summed E-state index contributed by atoms with van der Waals surface area (Å²) in [4.78, 5) is 12.3. The first kappa shape index (κ1) is 19.3. The number of amides is 1. The molecule has 2 aromatic carbocycles. The van der Waals surface area contributed by atoms with Crippen molar-refractivity contribution in [1.29, 1.82) is 0 Å². The van der Waals surface area contributed by atoms with Crippen LogP contribution in [-0.2, 0) is 0 Å². The van der Waals surface area contributed by atoms with E-state index >= 15 is 0 Å². The number of carbonyl (C=O) groups is 1. The van der Waals surface area contributed by atoms with Crippen LogP contribution in [0, 0.1) is 0 Å². The molecule has 0 radical (unpaired) electrons. The fraction of sp³-hybridized carbons (Fsp3) is 0.176. The first-order chi connectivity index (χ1) is 12.0. The van der Waals surface area contributed by atoms with Gasteiger partial charge in [0.1, 0.15) is 5.75 Å². The number of carbonyl (C=O) groups excluding carboxylic acids is 1. The summed E-state index contributed by atoms with van der Waals surface area (Å²) in [6.07, 6.45) is 1.33. The van der Waals surface area contributed by atoms with Gasteiger partial charge in [-0.15, -0.1) is 0 Å². The van der Waals surface area contributed by atoms with Gasteiger partial charge in [-0.05, 0) is 37.3 Å². The molecule has 0 atom stereocenters. The number of nitrogens with one attached hydrogen (secondary N) is 1. The summed E-state index contributed by atoms with van der Waals surface area (Å²) < 4.78 is 12.0. The highest BCUT2D eigenvalue weighted by molar-refractivity contribution is 9.10. The maximum Gasteiger partial charge on any atom is 0.275 e. The molecule has 0 heterocycles. The topological polar surface area (TPSA) is 80.2 Å². The van der Waals surface area contributed by atoms with Crippen molar-refractivity contribution < 1.29 is 19.4 Å². The minimum absolute atomic E-state index is 0.0684. The highest BCUT2D eigenvalue weighted by atomic mass is 79.9. The zero-order valence-electron chi connectivity index (χ0n) is 13.5. The Balaban J connectivity index is 2.19. The number of hydrogen-bond donors (Lipinski definition) is 2. The van der Waals surface area contributed by atoms with Crippen molar-refractivity contribution >= 4 is 44.0 Å². The van der Waals surface area contributed by atoms with Gasteiger partial charge in [-0.1, -0.05) is 31.9 Å². The number of hydrogen-bond acceptors (Lipinski definition) is 5. The normalized spacial score (nSPS) is 10.7. The van der Waals surface area contributed by atoms with Crippen molar-refractivity contribution in [2.24, 2.45) is 5.10 Å². The second-order valence-corrected chi connectivity index (χ2v) is 6.65. The zero-order valence-corrected chi connectivity index (χ0v) is 16.7. The maximum absolute atomic E-state index is 12.3. The Kier molecular flexibility index (Phi) is 6.83. The van der Waals surface area contributed by atoms with Gasteiger partial charge in [0, 0.05) is 14.5 Å². The van der Waals surface area contributed by atoms with Crippen LogP contribution in [0.3, 0.4) is 0 Å². The molecule has 2 N–H and O–H groups in total. The summed E-state index contributed by atoms with van der Waals surface area (Å²) in [6.45, 7) is 2.28. The number of phenols is 1. The van der Waals surface area contributed by atoms with Gasteiger partial charge in [-0.3, -0.25) is 4.79 Å². The van der Waals surface area contributed by atoms with Gasteiger partial charge >= 0.3 is 0 Å². The lowest BCUT2D eigenvalue weighted by atomic mass is 10.2. The summed E-state index contributed by atoms with van der Waals surface area (Å²) >= 11 is 6.65. The standard InChI is InChI=1S/C17H16Br2N2O4/c1-3-25-14-5-4-11(18)7-13(14)17(23)21-20-9-10-6-12(19)8-15(24-2)16(10)22/h4-9,22H,3H2,1-2H3,(H,21,23)/b20-9-. The number of benzene rings is 2. The summed E-state index contributed by atoms with van der Waals surface area (Å²) in [5.74, 6) is 0.266. The molecule has 0 aliphatic rings. The largest absolute Gasteiger partial charge is 0.504 e.